The number of anilines is 1. The van der Waals surface area contributed by atoms with Crippen molar-refractivity contribution in [1.29, 1.82) is 0 Å². The molecule has 108 valence electrons. The molecule has 21 heavy (non-hydrogen) atoms. The van der Waals surface area contributed by atoms with Gasteiger partial charge < -0.3 is 5.32 Å². The molecule has 0 aliphatic heterocycles. The maximum absolute atomic E-state index is 11.8. The van der Waals surface area contributed by atoms with Crippen molar-refractivity contribution in [2.75, 3.05) is 5.32 Å². The molecule has 5 nitrogen and oxygen atoms in total. The number of thioether (sulfide) groups is 1. The number of hydrogen-bond donors (Lipinski definition) is 1. The summed E-state index contributed by atoms with van der Waals surface area (Å²) in [5.74, 6) is 0.259. The Kier molecular flexibility index (Phi) is 4.94. The fourth-order valence-corrected chi connectivity index (χ4v) is 2.47. The third kappa shape index (κ3) is 4.32. The number of para-hydroxylation sites is 1. The molecule has 0 heterocycles. The number of carbonyl (C=O) groups is 1. The SMILES string of the molecule is Cc1ccc(NC(=O)SCc2ccccc2[N+](=O)[O-])cc1. The summed E-state index contributed by atoms with van der Waals surface area (Å²) < 4.78 is 0. The number of nitrogens with zero attached hydrogens (tertiary/aromatic N) is 1. The lowest BCUT2D eigenvalue weighted by atomic mass is 10.2. The normalized spacial score (nSPS) is 10.1. The Morgan fingerprint density at radius 3 is 2.52 bits per heavy atom. The number of hydrogen-bond acceptors (Lipinski definition) is 4. The number of nitro benzene ring substituents is 1. The van der Waals surface area contributed by atoms with E-state index in [9.17, 15) is 14.9 Å². The minimum atomic E-state index is -0.437. The van der Waals surface area contributed by atoms with E-state index in [-0.39, 0.29) is 16.7 Å². The minimum Gasteiger partial charge on any atom is -0.317 e. The van der Waals surface area contributed by atoms with E-state index < -0.39 is 4.92 Å². The third-order valence-electron chi connectivity index (χ3n) is 2.85. The quantitative estimate of drug-likeness (QED) is 0.672. The van der Waals surface area contributed by atoms with E-state index in [4.69, 9.17) is 0 Å². The molecular weight excluding hydrogens is 288 g/mol. The fourth-order valence-electron chi connectivity index (χ4n) is 1.75. The Labute approximate surface area is 126 Å². The molecule has 0 bridgehead atoms. The van der Waals surface area contributed by atoms with Crippen molar-refractivity contribution < 1.29 is 9.72 Å². The number of rotatable bonds is 4. The maximum Gasteiger partial charge on any atom is 0.283 e. The highest BCUT2D eigenvalue weighted by molar-refractivity contribution is 8.13. The molecule has 0 saturated carbocycles. The topological polar surface area (TPSA) is 72.2 Å². The van der Waals surface area contributed by atoms with Crippen LogP contribution in [0.5, 0.6) is 0 Å². The Morgan fingerprint density at radius 1 is 1.19 bits per heavy atom. The standard InChI is InChI=1S/C15H14N2O3S/c1-11-6-8-13(9-7-11)16-15(18)21-10-12-4-2-3-5-14(12)17(19)20/h2-9H,10H2,1H3,(H,16,18). The molecule has 0 atom stereocenters. The molecule has 0 unspecified atom stereocenters. The van der Waals surface area contributed by atoms with E-state index >= 15 is 0 Å². The van der Waals surface area contributed by atoms with Crippen LogP contribution in [-0.2, 0) is 5.75 Å². The second-order valence-electron chi connectivity index (χ2n) is 4.45. The second kappa shape index (κ2) is 6.90. The summed E-state index contributed by atoms with van der Waals surface area (Å²) in [7, 11) is 0. The van der Waals surface area contributed by atoms with Crippen LogP contribution in [-0.4, -0.2) is 10.2 Å². The lowest BCUT2D eigenvalue weighted by Crippen LogP contribution is -2.05. The van der Waals surface area contributed by atoms with Crippen LogP contribution >= 0.6 is 11.8 Å². The second-order valence-corrected chi connectivity index (χ2v) is 5.40. The van der Waals surface area contributed by atoms with Gasteiger partial charge in [-0.25, -0.2) is 0 Å². The van der Waals surface area contributed by atoms with Crippen molar-refractivity contribution >= 4 is 28.4 Å². The van der Waals surface area contributed by atoms with E-state index in [0.717, 1.165) is 17.3 Å². The molecule has 2 rings (SSSR count). The average molecular weight is 302 g/mol. The van der Waals surface area contributed by atoms with Crippen LogP contribution in [0.3, 0.4) is 0 Å². The van der Waals surface area contributed by atoms with Gasteiger partial charge in [0.25, 0.3) is 10.9 Å². The Morgan fingerprint density at radius 2 is 1.86 bits per heavy atom. The Balaban J connectivity index is 1.95. The molecule has 6 heteroatoms. The number of benzene rings is 2. The van der Waals surface area contributed by atoms with Crippen molar-refractivity contribution in [3.63, 3.8) is 0 Å². The van der Waals surface area contributed by atoms with Gasteiger partial charge in [0.2, 0.25) is 0 Å². The average Bonchev–Trinajstić information content (AvgIpc) is 2.48. The molecule has 0 fully saturated rings. The van der Waals surface area contributed by atoms with E-state index in [2.05, 4.69) is 5.32 Å². The molecule has 0 aromatic heterocycles. The van der Waals surface area contributed by atoms with Gasteiger partial charge >= 0.3 is 0 Å². The molecule has 0 aliphatic carbocycles. The van der Waals surface area contributed by atoms with Gasteiger partial charge in [-0.3, -0.25) is 14.9 Å². The molecule has 0 aliphatic rings. The van der Waals surface area contributed by atoms with Crippen molar-refractivity contribution in [3.8, 4) is 0 Å². The Hall–Kier alpha value is -2.34. The number of nitro groups is 1. The van der Waals surface area contributed by atoms with Crippen LogP contribution in [0, 0.1) is 17.0 Å². The lowest BCUT2D eigenvalue weighted by Gasteiger charge is -2.05. The van der Waals surface area contributed by atoms with Gasteiger partial charge in [0.1, 0.15) is 0 Å². The van der Waals surface area contributed by atoms with Gasteiger partial charge in [0, 0.05) is 23.1 Å². The van der Waals surface area contributed by atoms with Gasteiger partial charge in [-0.05, 0) is 19.1 Å². The van der Waals surface area contributed by atoms with Crippen molar-refractivity contribution in [3.05, 3.63) is 69.8 Å². The molecule has 1 N–H and O–H groups in total. The summed E-state index contributed by atoms with van der Waals surface area (Å²) in [6.07, 6.45) is 0. The Bertz CT molecular complexity index is 656. The number of carbonyl (C=O) groups excluding carboxylic acids is 1. The van der Waals surface area contributed by atoms with Crippen LogP contribution in [0.25, 0.3) is 0 Å². The molecule has 2 aromatic carbocycles. The highest BCUT2D eigenvalue weighted by Gasteiger charge is 2.13. The van der Waals surface area contributed by atoms with Crippen molar-refractivity contribution in [2.24, 2.45) is 0 Å². The first kappa shape index (κ1) is 15.1. The summed E-state index contributed by atoms with van der Waals surface area (Å²) in [4.78, 5) is 22.3. The largest absolute Gasteiger partial charge is 0.317 e. The molecule has 1 amide bonds. The lowest BCUT2D eigenvalue weighted by molar-refractivity contribution is -0.385. The van der Waals surface area contributed by atoms with Crippen LogP contribution in [0.15, 0.2) is 48.5 Å². The smallest absolute Gasteiger partial charge is 0.283 e. The predicted molar refractivity (Wildman–Crippen MR) is 84.6 cm³/mol. The van der Waals surface area contributed by atoms with Crippen molar-refractivity contribution in [1.82, 2.24) is 0 Å². The van der Waals surface area contributed by atoms with Crippen LogP contribution in [0.2, 0.25) is 0 Å². The van der Waals surface area contributed by atoms with Gasteiger partial charge in [0.15, 0.2) is 0 Å². The number of aryl methyl sites for hydroxylation is 1. The first-order valence-corrected chi connectivity index (χ1v) is 7.27. The van der Waals surface area contributed by atoms with E-state index in [1.807, 2.05) is 31.2 Å². The third-order valence-corrected chi connectivity index (χ3v) is 3.66. The molecular formula is C15H14N2O3S. The van der Waals surface area contributed by atoms with E-state index in [0.29, 0.717) is 11.3 Å². The summed E-state index contributed by atoms with van der Waals surface area (Å²) in [5, 5.41) is 13.4. The molecule has 0 saturated heterocycles. The van der Waals surface area contributed by atoms with Crippen LogP contribution in [0.1, 0.15) is 11.1 Å². The first-order chi connectivity index (χ1) is 10.1. The summed E-state index contributed by atoms with van der Waals surface area (Å²) in [6, 6.07) is 13.9. The number of nitrogens with one attached hydrogen (secondary N) is 1. The summed E-state index contributed by atoms with van der Waals surface area (Å²) in [5.41, 5.74) is 2.39. The number of amides is 1. The highest BCUT2D eigenvalue weighted by atomic mass is 32.2. The fraction of sp³-hybridized carbons (Fsp3) is 0.133. The zero-order valence-electron chi connectivity index (χ0n) is 11.4. The zero-order chi connectivity index (χ0) is 15.2. The molecule has 2 aromatic rings. The predicted octanol–water partition coefficient (Wildman–Crippen LogP) is 4.37. The van der Waals surface area contributed by atoms with Gasteiger partial charge in [-0.2, -0.15) is 0 Å². The van der Waals surface area contributed by atoms with Crippen molar-refractivity contribution in [2.45, 2.75) is 12.7 Å². The monoisotopic (exact) mass is 302 g/mol. The van der Waals surface area contributed by atoms with Gasteiger partial charge in [-0.15, -0.1) is 0 Å². The molecule has 0 spiro atoms. The summed E-state index contributed by atoms with van der Waals surface area (Å²) in [6.45, 7) is 1.97. The minimum absolute atomic E-state index is 0.0353. The van der Waals surface area contributed by atoms with Crippen LogP contribution in [0.4, 0.5) is 16.2 Å². The first-order valence-electron chi connectivity index (χ1n) is 6.29. The maximum atomic E-state index is 11.8. The van der Waals surface area contributed by atoms with E-state index in [1.165, 1.54) is 6.07 Å². The van der Waals surface area contributed by atoms with Crippen LogP contribution < -0.4 is 5.32 Å². The van der Waals surface area contributed by atoms with Gasteiger partial charge in [-0.1, -0.05) is 47.7 Å². The summed E-state index contributed by atoms with van der Waals surface area (Å²) >= 11 is 1.01. The highest BCUT2D eigenvalue weighted by Crippen LogP contribution is 2.24. The zero-order valence-corrected chi connectivity index (χ0v) is 12.2. The van der Waals surface area contributed by atoms with E-state index in [1.54, 1.807) is 18.2 Å². The van der Waals surface area contributed by atoms with Gasteiger partial charge in [0.05, 0.1) is 4.92 Å². The molecule has 0 radical (unpaired) electrons.